The first-order valence-corrected chi connectivity index (χ1v) is 10.4. The van der Waals surface area contributed by atoms with Gasteiger partial charge in [-0.05, 0) is 74.5 Å². The summed E-state index contributed by atoms with van der Waals surface area (Å²) in [4.78, 5) is 25.1. The van der Waals surface area contributed by atoms with Crippen LogP contribution in [0.15, 0.2) is 0 Å². The lowest BCUT2D eigenvalue weighted by atomic mass is 9.49. The van der Waals surface area contributed by atoms with E-state index in [-0.39, 0.29) is 29.9 Å². The number of hydrogen-bond acceptors (Lipinski definition) is 3. The number of amides is 1. The van der Waals surface area contributed by atoms with E-state index < -0.39 is 0 Å². The molecule has 1 amide bonds. The van der Waals surface area contributed by atoms with E-state index in [9.17, 15) is 9.59 Å². The summed E-state index contributed by atoms with van der Waals surface area (Å²) >= 11 is 0. The predicted molar refractivity (Wildman–Crippen MR) is 95.7 cm³/mol. The van der Waals surface area contributed by atoms with Crippen LogP contribution in [0, 0.1) is 35.0 Å². The van der Waals surface area contributed by atoms with Gasteiger partial charge in [-0.3, -0.25) is 9.59 Å². The number of ether oxygens (including phenoxy) is 1. The van der Waals surface area contributed by atoms with Gasteiger partial charge in [0.1, 0.15) is 0 Å². The van der Waals surface area contributed by atoms with Gasteiger partial charge in [-0.25, -0.2) is 0 Å². The molecule has 5 fully saturated rings. The third kappa shape index (κ3) is 3.33. The molecule has 0 radical (unpaired) electrons. The molecular formula is C21H33NO3. The second-order valence-corrected chi connectivity index (χ2v) is 9.72. The van der Waals surface area contributed by atoms with Crippen LogP contribution in [0.5, 0.6) is 0 Å². The SMILES string of the molecule is C[C@@H]1[C@@H](C)CCC[C@H]1NC(=O)COC(=O)C12CC3CC(CC(C3)C1)C2. The zero-order chi connectivity index (χ0) is 17.6. The molecule has 0 heterocycles. The van der Waals surface area contributed by atoms with Crippen molar-refractivity contribution >= 4 is 11.9 Å². The van der Waals surface area contributed by atoms with Crippen molar-refractivity contribution in [2.75, 3.05) is 6.61 Å². The Morgan fingerprint density at radius 2 is 1.60 bits per heavy atom. The van der Waals surface area contributed by atoms with Crippen molar-refractivity contribution in [1.29, 1.82) is 0 Å². The Balaban J connectivity index is 1.29. The van der Waals surface area contributed by atoms with Gasteiger partial charge in [-0.15, -0.1) is 0 Å². The van der Waals surface area contributed by atoms with Gasteiger partial charge in [0.05, 0.1) is 5.41 Å². The predicted octanol–water partition coefficient (Wildman–Crippen LogP) is 3.69. The van der Waals surface area contributed by atoms with Crippen molar-refractivity contribution in [2.24, 2.45) is 35.0 Å². The molecule has 5 saturated carbocycles. The van der Waals surface area contributed by atoms with E-state index in [1.807, 2.05) is 0 Å². The van der Waals surface area contributed by atoms with Gasteiger partial charge in [0.25, 0.3) is 5.91 Å². The molecule has 0 unspecified atom stereocenters. The first-order chi connectivity index (χ1) is 11.9. The molecule has 5 rings (SSSR count). The molecule has 5 aliphatic rings. The molecule has 4 bridgehead atoms. The summed E-state index contributed by atoms with van der Waals surface area (Å²) in [5.74, 6) is 3.09. The van der Waals surface area contributed by atoms with Crippen LogP contribution in [0.25, 0.3) is 0 Å². The molecule has 0 aromatic carbocycles. The van der Waals surface area contributed by atoms with Gasteiger partial charge >= 0.3 is 5.97 Å². The molecular weight excluding hydrogens is 314 g/mol. The van der Waals surface area contributed by atoms with E-state index in [0.29, 0.717) is 11.8 Å². The summed E-state index contributed by atoms with van der Waals surface area (Å²) in [5.41, 5.74) is -0.262. The fourth-order valence-corrected chi connectivity index (χ4v) is 6.68. The minimum atomic E-state index is -0.262. The van der Waals surface area contributed by atoms with Crippen LogP contribution in [0.4, 0.5) is 0 Å². The molecule has 0 aromatic rings. The lowest BCUT2D eigenvalue weighted by molar-refractivity contribution is -0.173. The van der Waals surface area contributed by atoms with Crippen molar-refractivity contribution < 1.29 is 14.3 Å². The highest BCUT2D eigenvalue weighted by atomic mass is 16.5. The maximum absolute atomic E-state index is 12.8. The van der Waals surface area contributed by atoms with Crippen LogP contribution in [0.3, 0.4) is 0 Å². The summed E-state index contributed by atoms with van der Waals surface area (Å²) in [7, 11) is 0. The third-order valence-corrected chi connectivity index (χ3v) is 7.86. The van der Waals surface area contributed by atoms with Crippen LogP contribution in [-0.2, 0) is 14.3 Å². The highest BCUT2D eigenvalue weighted by molar-refractivity contribution is 5.83. The summed E-state index contributed by atoms with van der Waals surface area (Å²) in [6.07, 6.45) is 10.4. The maximum atomic E-state index is 12.8. The van der Waals surface area contributed by atoms with E-state index in [4.69, 9.17) is 4.74 Å². The van der Waals surface area contributed by atoms with Crippen molar-refractivity contribution in [3.05, 3.63) is 0 Å². The fraction of sp³-hybridized carbons (Fsp3) is 0.905. The quantitative estimate of drug-likeness (QED) is 0.789. The van der Waals surface area contributed by atoms with E-state index in [2.05, 4.69) is 19.2 Å². The molecule has 0 aliphatic heterocycles. The molecule has 0 saturated heterocycles. The molecule has 1 N–H and O–H groups in total. The van der Waals surface area contributed by atoms with Gasteiger partial charge in [0, 0.05) is 6.04 Å². The molecule has 140 valence electrons. The van der Waals surface area contributed by atoms with Crippen LogP contribution >= 0.6 is 0 Å². The maximum Gasteiger partial charge on any atom is 0.312 e. The smallest absolute Gasteiger partial charge is 0.312 e. The van der Waals surface area contributed by atoms with Crippen LogP contribution in [0.1, 0.15) is 71.6 Å². The van der Waals surface area contributed by atoms with Gasteiger partial charge in [0.15, 0.2) is 6.61 Å². The number of hydrogen-bond donors (Lipinski definition) is 1. The Kier molecular flexibility index (Phi) is 4.57. The standard InChI is InChI=1S/C21H33NO3/c1-13-4-3-5-18(14(13)2)22-19(23)12-25-20(24)21-9-15-6-16(10-21)8-17(7-15)11-21/h13-18H,3-12H2,1-2H3,(H,22,23)/t13-,14+,15?,16?,17?,18+,21?/m0/s1. The number of carbonyl (C=O) groups excluding carboxylic acids is 2. The van der Waals surface area contributed by atoms with Crippen molar-refractivity contribution in [3.63, 3.8) is 0 Å². The summed E-state index contributed by atoms with van der Waals surface area (Å²) < 4.78 is 5.54. The minimum Gasteiger partial charge on any atom is -0.455 e. The van der Waals surface area contributed by atoms with Crippen LogP contribution < -0.4 is 5.32 Å². The average Bonchev–Trinajstić information content (AvgIpc) is 2.55. The normalized spacial score (nSPS) is 45.2. The number of carbonyl (C=O) groups is 2. The Bertz CT molecular complexity index is 508. The molecule has 4 heteroatoms. The van der Waals surface area contributed by atoms with Gasteiger partial charge in [-0.1, -0.05) is 26.7 Å². The van der Waals surface area contributed by atoms with Gasteiger partial charge < -0.3 is 10.1 Å². The van der Waals surface area contributed by atoms with Crippen molar-refractivity contribution in [3.8, 4) is 0 Å². The van der Waals surface area contributed by atoms with Crippen LogP contribution in [0.2, 0.25) is 0 Å². The second kappa shape index (κ2) is 6.59. The Morgan fingerprint density at radius 3 is 2.20 bits per heavy atom. The molecule has 0 spiro atoms. The zero-order valence-corrected chi connectivity index (χ0v) is 15.8. The van der Waals surface area contributed by atoms with E-state index in [1.54, 1.807) is 0 Å². The zero-order valence-electron chi connectivity index (χ0n) is 15.8. The minimum absolute atomic E-state index is 0.0909. The highest BCUT2D eigenvalue weighted by Crippen LogP contribution is 2.60. The van der Waals surface area contributed by atoms with Gasteiger partial charge in [-0.2, -0.15) is 0 Å². The first kappa shape index (κ1) is 17.4. The summed E-state index contributed by atoms with van der Waals surface area (Å²) in [6.45, 7) is 4.38. The average molecular weight is 347 g/mol. The Labute approximate surface area is 151 Å². The molecule has 4 nitrogen and oxygen atoms in total. The lowest BCUT2D eigenvalue weighted by Gasteiger charge is -2.55. The third-order valence-electron chi connectivity index (χ3n) is 7.86. The van der Waals surface area contributed by atoms with Crippen LogP contribution in [-0.4, -0.2) is 24.5 Å². The Morgan fingerprint density at radius 1 is 1.00 bits per heavy atom. The van der Waals surface area contributed by atoms with E-state index >= 15 is 0 Å². The fourth-order valence-electron chi connectivity index (χ4n) is 6.68. The number of rotatable bonds is 4. The van der Waals surface area contributed by atoms with Crippen molar-refractivity contribution in [2.45, 2.75) is 77.7 Å². The highest BCUT2D eigenvalue weighted by Gasteiger charge is 2.55. The summed E-state index contributed by atoms with van der Waals surface area (Å²) in [6, 6.07) is 0.231. The van der Waals surface area contributed by atoms with Gasteiger partial charge in [0.2, 0.25) is 0 Å². The molecule has 5 aliphatic carbocycles. The largest absolute Gasteiger partial charge is 0.455 e. The number of nitrogens with one attached hydrogen (secondary N) is 1. The van der Waals surface area contributed by atoms with Crippen molar-refractivity contribution in [1.82, 2.24) is 5.32 Å². The molecule has 0 aromatic heterocycles. The number of esters is 1. The Hall–Kier alpha value is -1.06. The lowest BCUT2D eigenvalue weighted by Crippen LogP contribution is -2.51. The summed E-state index contributed by atoms with van der Waals surface area (Å²) in [5, 5.41) is 3.11. The van der Waals surface area contributed by atoms with E-state index in [0.717, 1.165) is 43.4 Å². The second-order valence-electron chi connectivity index (χ2n) is 9.72. The molecule has 25 heavy (non-hydrogen) atoms. The monoisotopic (exact) mass is 347 g/mol. The first-order valence-electron chi connectivity index (χ1n) is 10.4. The van der Waals surface area contributed by atoms with E-state index in [1.165, 1.54) is 32.1 Å². The molecule has 3 atom stereocenters. The topological polar surface area (TPSA) is 55.4 Å².